The minimum Gasteiger partial charge on any atom is -0.456 e. The van der Waals surface area contributed by atoms with Crippen molar-refractivity contribution in [3.05, 3.63) is 38.9 Å². The summed E-state index contributed by atoms with van der Waals surface area (Å²) in [6.45, 7) is 1.91. The summed E-state index contributed by atoms with van der Waals surface area (Å²) in [5.74, 6) is -2.13. The minimum atomic E-state index is -0.754. The molecular formula is C18H22N4O8. The third-order valence-electron chi connectivity index (χ3n) is 4.06. The van der Waals surface area contributed by atoms with Crippen molar-refractivity contribution in [1.82, 2.24) is 15.2 Å². The van der Waals surface area contributed by atoms with Crippen LogP contribution in [0, 0.1) is 10.1 Å². The third kappa shape index (κ3) is 6.43. The standard InChI is InChI=1S/C18H22N4O8/c1-2-3-8-19-17(25)20-15(23)11-29-16(24)5-4-9-21-13-7-6-12(22(27)28)10-14(13)30-18(21)26/h6-7,10H,2-5,8-9,11H2,1H3,(H2,19,20,23,25). The number of esters is 1. The number of benzene rings is 1. The van der Waals surface area contributed by atoms with E-state index in [2.05, 4.69) is 5.32 Å². The van der Waals surface area contributed by atoms with E-state index in [-0.39, 0.29) is 30.7 Å². The molecule has 0 atom stereocenters. The van der Waals surface area contributed by atoms with Crippen LogP contribution in [0.25, 0.3) is 11.1 Å². The molecule has 0 aliphatic carbocycles. The van der Waals surface area contributed by atoms with Crippen molar-refractivity contribution in [3.63, 3.8) is 0 Å². The van der Waals surface area contributed by atoms with Gasteiger partial charge in [0.25, 0.3) is 11.6 Å². The Morgan fingerprint density at radius 2 is 2.03 bits per heavy atom. The van der Waals surface area contributed by atoms with Crippen LogP contribution in [-0.4, -0.2) is 40.5 Å². The van der Waals surface area contributed by atoms with Crippen LogP contribution in [0.4, 0.5) is 10.5 Å². The minimum absolute atomic E-state index is 0.0747. The molecule has 3 amide bonds. The monoisotopic (exact) mass is 422 g/mol. The number of hydrogen-bond donors (Lipinski definition) is 2. The van der Waals surface area contributed by atoms with Crippen LogP contribution in [0.1, 0.15) is 32.6 Å². The van der Waals surface area contributed by atoms with Gasteiger partial charge in [0.15, 0.2) is 12.2 Å². The SMILES string of the molecule is CCCCNC(=O)NC(=O)COC(=O)CCCn1c(=O)oc2cc([N+](=O)[O-])ccc21. The Labute approximate surface area is 170 Å². The van der Waals surface area contributed by atoms with Crippen molar-refractivity contribution >= 4 is 34.7 Å². The van der Waals surface area contributed by atoms with Crippen LogP contribution < -0.4 is 16.4 Å². The number of amides is 3. The molecular weight excluding hydrogens is 400 g/mol. The normalized spacial score (nSPS) is 10.6. The number of nitro groups is 1. The number of oxazole rings is 1. The first-order chi connectivity index (χ1) is 14.3. The fraction of sp³-hybridized carbons (Fsp3) is 0.444. The molecule has 2 N–H and O–H groups in total. The lowest BCUT2D eigenvalue weighted by molar-refractivity contribution is -0.384. The van der Waals surface area contributed by atoms with E-state index in [4.69, 9.17) is 9.15 Å². The van der Waals surface area contributed by atoms with Crippen LogP contribution in [0.3, 0.4) is 0 Å². The van der Waals surface area contributed by atoms with E-state index in [1.165, 1.54) is 16.7 Å². The number of ether oxygens (including phenoxy) is 1. The van der Waals surface area contributed by atoms with Gasteiger partial charge in [-0.2, -0.15) is 0 Å². The summed E-state index contributed by atoms with van der Waals surface area (Å²) < 4.78 is 11.0. The van der Waals surface area contributed by atoms with Gasteiger partial charge in [0.1, 0.15) is 0 Å². The largest absolute Gasteiger partial charge is 0.456 e. The summed E-state index contributed by atoms with van der Waals surface area (Å²) in [6.07, 6.45) is 1.81. The molecule has 1 heterocycles. The Morgan fingerprint density at radius 1 is 1.27 bits per heavy atom. The van der Waals surface area contributed by atoms with Crippen LogP contribution in [-0.2, 0) is 20.9 Å². The molecule has 2 rings (SSSR count). The van der Waals surface area contributed by atoms with Gasteiger partial charge in [0.2, 0.25) is 0 Å². The zero-order chi connectivity index (χ0) is 22.1. The highest BCUT2D eigenvalue weighted by Crippen LogP contribution is 2.20. The Bertz CT molecular complexity index is 994. The summed E-state index contributed by atoms with van der Waals surface area (Å²) in [5.41, 5.74) is 0.238. The van der Waals surface area contributed by atoms with Crippen LogP contribution in [0.2, 0.25) is 0 Å². The lowest BCUT2D eigenvalue weighted by atomic mass is 10.2. The molecule has 0 aliphatic rings. The van der Waals surface area contributed by atoms with Crippen molar-refractivity contribution in [2.45, 2.75) is 39.2 Å². The fourth-order valence-corrected chi connectivity index (χ4v) is 2.57. The summed E-state index contributed by atoms with van der Waals surface area (Å²) in [7, 11) is 0. The summed E-state index contributed by atoms with van der Waals surface area (Å²) in [5, 5.41) is 15.3. The topological polar surface area (TPSA) is 163 Å². The highest BCUT2D eigenvalue weighted by molar-refractivity contribution is 5.95. The number of aryl methyl sites for hydroxylation is 1. The molecule has 0 spiro atoms. The first kappa shape index (κ1) is 22.6. The van der Waals surface area contributed by atoms with Crippen molar-refractivity contribution in [3.8, 4) is 0 Å². The third-order valence-corrected chi connectivity index (χ3v) is 4.06. The fourth-order valence-electron chi connectivity index (χ4n) is 2.57. The maximum atomic E-state index is 11.9. The molecule has 0 unspecified atom stereocenters. The maximum absolute atomic E-state index is 11.9. The maximum Gasteiger partial charge on any atom is 0.419 e. The average Bonchev–Trinajstić information content (AvgIpc) is 3.01. The van der Waals surface area contributed by atoms with Crippen molar-refractivity contribution < 1.29 is 28.5 Å². The highest BCUT2D eigenvalue weighted by Gasteiger charge is 2.15. The first-order valence-corrected chi connectivity index (χ1v) is 9.33. The zero-order valence-electron chi connectivity index (χ0n) is 16.3. The summed E-state index contributed by atoms with van der Waals surface area (Å²) >= 11 is 0. The van der Waals surface area contributed by atoms with Gasteiger partial charge in [0, 0.05) is 25.6 Å². The smallest absolute Gasteiger partial charge is 0.419 e. The lowest BCUT2D eigenvalue weighted by Crippen LogP contribution is -2.41. The molecule has 0 saturated heterocycles. The number of nitrogens with one attached hydrogen (secondary N) is 2. The molecule has 0 saturated carbocycles. The number of urea groups is 1. The number of unbranched alkanes of at least 4 members (excludes halogenated alkanes) is 1. The van der Waals surface area contributed by atoms with Gasteiger partial charge < -0.3 is 14.5 Å². The van der Waals surface area contributed by atoms with Crippen molar-refractivity contribution in [1.29, 1.82) is 0 Å². The van der Waals surface area contributed by atoms with Gasteiger partial charge in [-0.05, 0) is 18.9 Å². The van der Waals surface area contributed by atoms with Gasteiger partial charge >= 0.3 is 17.8 Å². The predicted octanol–water partition coefficient (Wildman–Crippen LogP) is 1.45. The molecule has 0 radical (unpaired) electrons. The number of non-ortho nitro benzene ring substituents is 1. The molecule has 1 aromatic carbocycles. The van der Waals surface area contributed by atoms with Gasteiger partial charge in [-0.3, -0.25) is 29.6 Å². The predicted molar refractivity (Wildman–Crippen MR) is 104 cm³/mol. The van der Waals surface area contributed by atoms with E-state index in [0.29, 0.717) is 12.1 Å². The van der Waals surface area contributed by atoms with E-state index in [9.17, 15) is 29.3 Å². The Morgan fingerprint density at radius 3 is 2.73 bits per heavy atom. The second-order valence-electron chi connectivity index (χ2n) is 6.35. The number of nitro benzene ring substituents is 1. The number of carbonyl (C=O) groups excluding carboxylic acids is 3. The van der Waals surface area contributed by atoms with Crippen LogP contribution in [0.5, 0.6) is 0 Å². The molecule has 2 aromatic rings. The second kappa shape index (κ2) is 10.7. The summed E-state index contributed by atoms with van der Waals surface area (Å²) in [6, 6.07) is 3.14. The van der Waals surface area contributed by atoms with Gasteiger partial charge in [-0.25, -0.2) is 9.59 Å². The first-order valence-electron chi connectivity index (χ1n) is 9.33. The van der Waals surface area contributed by atoms with Crippen LogP contribution in [0.15, 0.2) is 27.4 Å². The number of hydrogen-bond acceptors (Lipinski definition) is 8. The molecule has 30 heavy (non-hydrogen) atoms. The Hall–Kier alpha value is -3.70. The van der Waals surface area contributed by atoms with Crippen molar-refractivity contribution in [2.75, 3.05) is 13.2 Å². The Balaban J connectivity index is 1.77. The van der Waals surface area contributed by atoms with E-state index >= 15 is 0 Å². The van der Waals surface area contributed by atoms with E-state index < -0.39 is 35.2 Å². The number of nitrogens with zero attached hydrogens (tertiary/aromatic N) is 2. The van der Waals surface area contributed by atoms with Gasteiger partial charge in [0.05, 0.1) is 16.5 Å². The number of rotatable bonds is 10. The van der Waals surface area contributed by atoms with E-state index in [1.807, 2.05) is 12.2 Å². The molecule has 12 nitrogen and oxygen atoms in total. The van der Waals surface area contributed by atoms with Crippen molar-refractivity contribution in [2.24, 2.45) is 0 Å². The molecule has 162 valence electrons. The van der Waals surface area contributed by atoms with Gasteiger partial charge in [-0.1, -0.05) is 13.3 Å². The molecule has 12 heteroatoms. The number of imide groups is 1. The Kier molecular flexibility index (Phi) is 8.08. The number of aromatic nitrogens is 1. The summed E-state index contributed by atoms with van der Waals surface area (Å²) in [4.78, 5) is 56.8. The highest BCUT2D eigenvalue weighted by atomic mass is 16.6. The molecule has 1 aromatic heterocycles. The van der Waals surface area contributed by atoms with E-state index in [1.54, 1.807) is 0 Å². The van der Waals surface area contributed by atoms with E-state index in [0.717, 1.165) is 18.9 Å². The molecule has 0 bridgehead atoms. The molecule has 0 fully saturated rings. The second-order valence-corrected chi connectivity index (χ2v) is 6.35. The zero-order valence-corrected chi connectivity index (χ0v) is 16.3. The number of fused-ring (bicyclic) bond motifs is 1. The van der Waals surface area contributed by atoms with Crippen LogP contribution >= 0.6 is 0 Å². The quantitative estimate of drug-likeness (QED) is 0.251. The molecule has 0 aliphatic heterocycles. The number of carbonyl (C=O) groups is 3. The average molecular weight is 422 g/mol. The lowest BCUT2D eigenvalue weighted by Gasteiger charge is -2.07. The van der Waals surface area contributed by atoms with Gasteiger partial charge in [-0.15, -0.1) is 0 Å².